The minimum atomic E-state index is -4.72. The zero-order valence-electron chi connectivity index (χ0n) is 13.1. The van der Waals surface area contributed by atoms with Crippen LogP contribution in [0.5, 0.6) is 0 Å². The number of hydrazine groups is 1. The van der Waals surface area contributed by atoms with Crippen molar-refractivity contribution >= 4 is 17.6 Å². The summed E-state index contributed by atoms with van der Waals surface area (Å²) in [7, 11) is 1.16. The highest BCUT2D eigenvalue weighted by molar-refractivity contribution is 6.31. The number of esters is 1. The molecule has 3 heterocycles. The molecule has 1 aliphatic rings. The van der Waals surface area contributed by atoms with Crippen LogP contribution in [0.15, 0.2) is 30.1 Å². The second kappa shape index (κ2) is 6.53. The molecule has 0 spiro atoms. The van der Waals surface area contributed by atoms with Crippen LogP contribution in [0.25, 0.3) is 0 Å². The second-order valence-corrected chi connectivity index (χ2v) is 5.62. The van der Waals surface area contributed by atoms with Crippen molar-refractivity contribution in [2.24, 2.45) is 0 Å². The molecule has 0 amide bonds. The number of halogens is 4. The van der Waals surface area contributed by atoms with Gasteiger partial charge in [0, 0.05) is 11.9 Å². The third kappa shape index (κ3) is 3.08. The maximum Gasteiger partial charge on any atom is 0.453 e. The molecule has 3 rings (SSSR count). The van der Waals surface area contributed by atoms with E-state index in [0.29, 0.717) is 4.68 Å². The van der Waals surface area contributed by atoms with Crippen LogP contribution < -0.4 is 10.9 Å². The van der Waals surface area contributed by atoms with Crippen LogP contribution in [0, 0.1) is 0 Å². The Bertz CT molecular complexity index is 869. The summed E-state index contributed by atoms with van der Waals surface area (Å²) in [5.41, 5.74) is 4.01. The monoisotopic (exact) mass is 389 g/mol. The SMILES string of the molecule is COC(=O)C1(c2ncccc2Cl)C=C(Cn2nnnc2C(F)(F)F)NN1. The molecule has 0 bridgehead atoms. The Balaban J connectivity index is 1.99. The first-order valence-corrected chi connectivity index (χ1v) is 7.43. The van der Waals surface area contributed by atoms with Crippen LogP contribution in [-0.2, 0) is 27.8 Å². The van der Waals surface area contributed by atoms with Crippen LogP contribution in [-0.4, -0.2) is 38.3 Å². The topological polar surface area (TPSA) is 107 Å². The molecule has 9 nitrogen and oxygen atoms in total. The van der Waals surface area contributed by atoms with Crippen molar-refractivity contribution in [3.63, 3.8) is 0 Å². The van der Waals surface area contributed by atoms with Gasteiger partial charge in [0.15, 0.2) is 5.54 Å². The van der Waals surface area contributed by atoms with E-state index in [1.54, 1.807) is 6.07 Å². The van der Waals surface area contributed by atoms with E-state index in [2.05, 4.69) is 31.4 Å². The first kappa shape index (κ1) is 18.1. The van der Waals surface area contributed by atoms with Crippen LogP contribution in [0.1, 0.15) is 11.5 Å². The Morgan fingerprint density at radius 1 is 1.46 bits per heavy atom. The fraction of sp³-hybridized carbons (Fsp3) is 0.308. The normalized spacial score (nSPS) is 19.8. The van der Waals surface area contributed by atoms with E-state index in [9.17, 15) is 18.0 Å². The van der Waals surface area contributed by atoms with Gasteiger partial charge in [-0.05, 0) is 28.6 Å². The lowest BCUT2D eigenvalue weighted by molar-refractivity contribution is -0.148. The Morgan fingerprint density at radius 2 is 2.23 bits per heavy atom. The Hall–Kier alpha value is -2.73. The fourth-order valence-electron chi connectivity index (χ4n) is 2.44. The second-order valence-electron chi connectivity index (χ2n) is 5.21. The fourth-order valence-corrected chi connectivity index (χ4v) is 2.71. The predicted octanol–water partition coefficient (Wildman–Crippen LogP) is 0.800. The lowest BCUT2D eigenvalue weighted by Gasteiger charge is -2.24. The van der Waals surface area contributed by atoms with E-state index in [0.717, 1.165) is 7.11 Å². The highest BCUT2D eigenvalue weighted by atomic mass is 35.5. The van der Waals surface area contributed by atoms with Gasteiger partial charge in [0.1, 0.15) is 0 Å². The molecular weight excluding hydrogens is 379 g/mol. The number of rotatable bonds is 4. The van der Waals surface area contributed by atoms with Gasteiger partial charge in [-0.1, -0.05) is 11.6 Å². The summed E-state index contributed by atoms with van der Waals surface area (Å²) in [5, 5.41) is 9.49. The van der Waals surface area contributed by atoms with E-state index in [1.807, 2.05) is 0 Å². The van der Waals surface area contributed by atoms with E-state index in [4.69, 9.17) is 16.3 Å². The largest absolute Gasteiger partial charge is 0.467 e. The van der Waals surface area contributed by atoms with Crippen LogP contribution in [0.4, 0.5) is 13.2 Å². The van der Waals surface area contributed by atoms with E-state index in [-0.39, 0.29) is 23.0 Å². The van der Waals surface area contributed by atoms with Crippen molar-refractivity contribution in [2.45, 2.75) is 18.3 Å². The highest BCUT2D eigenvalue weighted by Gasteiger charge is 2.47. The molecule has 1 unspecified atom stereocenters. The van der Waals surface area contributed by atoms with Gasteiger partial charge in [0.2, 0.25) is 0 Å². The number of ether oxygens (including phenoxy) is 1. The van der Waals surface area contributed by atoms with Gasteiger partial charge < -0.3 is 10.2 Å². The predicted molar refractivity (Wildman–Crippen MR) is 80.1 cm³/mol. The van der Waals surface area contributed by atoms with Crippen molar-refractivity contribution in [1.29, 1.82) is 0 Å². The molecule has 26 heavy (non-hydrogen) atoms. The Kier molecular flexibility index (Phi) is 4.54. The van der Waals surface area contributed by atoms with Gasteiger partial charge >= 0.3 is 12.1 Å². The zero-order valence-corrected chi connectivity index (χ0v) is 13.8. The summed E-state index contributed by atoms with van der Waals surface area (Å²) >= 11 is 6.12. The Morgan fingerprint density at radius 3 is 2.88 bits per heavy atom. The lowest BCUT2D eigenvalue weighted by atomic mass is 9.95. The molecular formula is C13H11ClF3N7O2. The number of aromatic nitrogens is 5. The lowest BCUT2D eigenvalue weighted by Crippen LogP contribution is -2.50. The van der Waals surface area contributed by atoms with E-state index >= 15 is 0 Å². The summed E-state index contributed by atoms with van der Waals surface area (Å²) < 4.78 is 44.0. The van der Waals surface area contributed by atoms with Gasteiger partial charge in [0.25, 0.3) is 5.82 Å². The third-order valence-electron chi connectivity index (χ3n) is 3.56. The van der Waals surface area contributed by atoms with Crippen LogP contribution >= 0.6 is 11.6 Å². The molecule has 2 N–H and O–H groups in total. The summed E-state index contributed by atoms with van der Waals surface area (Å²) in [6.07, 6.45) is -1.97. The van der Waals surface area contributed by atoms with Crippen molar-refractivity contribution in [3.8, 4) is 0 Å². The number of pyridine rings is 1. The minimum Gasteiger partial charge on any atom is -0.467 e. The number of methoxy groups -OCH3 is 1. The summed E-state index contributed by atoms with van der Waals surface area (Å²) in [5.74, 6) is -2.03. The number of nitrogens with one attached hydrogen (secondary N) is 2. The van der Waals surface area contributed by atoms with Gasteiger partial charge in [-0.2, -0.15) is 13.2 Å². The summed E-state index contributed by atoms with van der Waals surface area (Å²) in [6.45, 7) is -0.377. The standard InChI is InChI=1S/C13H11ClF3N7O2/c1-26-11(25)12(9-8(14)3-2-4-18-9)5-7(19-21-12)6-24-10(13(15,16)17)20-22-23-24/h2-5,19,21H,6H2,1H3. The van der Waals surface area contributed by atoms with Gasteiger partial charge in [-0.25, -0.2) is 14.9 Å². The van der Waals surface area contributed by atoms with Crippen molar-refractivity contribution < 1.29 is 22.7 Å². The van der Waals surface area contributed by atoms with Crippen molar-refractivity contribution in [3.05, 3.63) is 46.6 Å². The number of carbonyl (C=O) groups excluding carboxylic acids is 1. The number of alkyl halides is 3. The maximum atomic E-state index is 12.9. The molecule has 1 aliphatic heterocycles. The number of hydrogen-bond donors (Lipinski definition) is 2. The summed E-state index contributed by atoms with van der Waals surface area (Å²) in [4.78, 5) is 16.5. The van der Waals surface area contributed by atoms with Gasteiger partial charge in [0.05, 0.1) is 24.4 Å². The van der Waals surface area contributed by atoms with Crippen LogP contribution in [0.2, 0.25) is 5.02 Å². The smallest absolute Gasteiger partial charge is 0.453 e. The number of nitrogens with zero attached hydrogens (tertiary/aromatic N) is 5. The average molecular weight is 390 g/mol. The molecule has 0 aliphatic carbocycles. The molecule has 0 fully saturated rings. The van der Waals surface area contributed by atoms with E-state index < -0.39 is 23.5 Å². The molecule has 0 radical (unpaired) electrons. The van der Waals surface area contributed by atoms with Crippen molar-refractivity contribution in [2.75, 3.05) is 7.11 Å². The van der Waals surface area contributed by atoms with Crippen molar-refractivity contribution in [1.82, 2.24) is 36.0 Å². The molecule has 0 saturated heterocycles. The quantitative estimate of drug-likeness (QED) is 0.739. The average Bonchev–Trinajstić information content (AvgIpc) is 3.22. The highest BCUT2D eigenvalue weighted by Crippen LogP contribution is 2.33. The zero-order chi connectivity index (χ0) is 18.9. The molecule has 138 valence electrons. The third-order valence-corrected chi connectivity index (χ3v) is 3.86. The van der Waals surface area contributed by atoms with Crippen LogP contribution in [0.3, 0.4) is 0 Å². The number of carbonyl (C=O) groups is 1. The molecule has 13 heteroatoms. The number of tetrazole rings is 1. The molecule has 2 aromatic heterocycles. The number of allylic oxidation sites excluding steroid dienone is 1. The first-order chi connectivity index (χ1) is 12.3. The molecule has 1 atom stereocenters. The molecule has 0 aromatic carbocycles. The van der Waals surface area contributed by atoms with E-state index in [1.165, 1.54) is 18.3 Å². The maximum absolute atomic E-state index is 12.9. The van der Waals surface area contributed by atoms with Gasteiger partial charge in [-0.3, -0.25) is 4.98 Å². The molecule has 0 saturated carbocycles. The Labute approximate surface area is 149 Å². The van der Waals surface area contributed by atoms with Gasteiger partial charge in [-0.15, -0.1) is 5.10 Å². The first-order valence-electron chi connectivity index (χ1n) is 7.05. The minimum absolute atomic E-state index is 0.128. The number of hydrogen-bond acceptors (Lipinski definition) is 8. The summed E-state index contributed by atoms with van der Waals surface area (Å²) in [6, 6.07) is 3.09. The molecule has 2 aromatic rings.